The van der Waals surface area contributed by atoms with Gasteiger partial charge >= 0.3 is 0 Å². The van der Waals surface area contributed by atoms with Crippen molar-refractivity contribution in [3.63, 3.8) is 0 Å². The topological polar surface area (TPSA) is 82.8 Å². The lowest BCUT2D eigenvalue weighted by atomic mass is 9.88. The molecular formula is C28H36N2O4. The lowest BCUT2D eigenvalue weighted by Crippen LogP contribution is -2.27. The molecule has 2 N–H and O–H groups in total. The monoisotopic (exact) mass is 464 g/mol. The van der Waals surface area contributed by atoms with Gasteiger partial charge in [-0.2, -0.15) is 0 Å². The molecule has 1 amide bonds. The first-order valence-corrected chi connectivity index (χ1v) is 12.1. The number of nitrogens with zero attached hydrogens (tertiary/aromatic N) is 1. The van der Waals surface area contributed by atoms with E-state index in [0.717, 1.165) is 41.5 Å². The number of aromatic hydroxyl groups is 1. The van der Waals surface area contributed by atoms with Crippen LogP contribution in [-0.2, 0) is 4.79 Å². The zero-order valence-electron chi connectivity index (χ0n) is 20.6. The van der Waals surface area contributed by atoms with Crippen molar-refractivity contribution in [3.05, 3.63) is 59.4 Å². The molecular weight excluding hydrogens is 428 g/mol. The van der Waals surface area contributed by atoms with Gasteiger partial charge in [-0.25, -0.2) is 0 Å². The van der Waals surface area contributed by atoms with Gasteiger partial charge in [0.15, 0.2) is 0 Å². The molecule has 3 rings (SSSR count). The van der Waals surface area contributed by atoms with Gasteiger partial charge < -0.3 is 24.5 Å². The van der Waals surface area contributed by atoms with Crippen molar-refractivity contribution in [1.29, 1.82) is 0 Å². The second-order valence-electron chi connectivity index (χ2n) is 9.11. The molecule has 2 unspecified atom stereocenters. The second kappa shape index (κ2) is 11.7. The summed E-state index contributed by atoms with van der Waals surface area (Å²) in [6.45, 7) is 6.84. The third kappa shape index (κ3) is 5.99. The second-order valence-corrected chi connectivity index (χ2v) is 9.11. The molecule has 0 aliphatic heterocycles. The van der Waals surface area contributed by atoms with E-state index in [1.54, 1.807) is 24.1 Å². The summed E-state index contributed by atoms with van der Waals surface area (Å²) in [6, 6.07) is 12.8. The molecule has 2 atom stereocenters. The zero-order valence-corrected chi connectivity index (χ0v) is 20.6. The number of phenols is 1. The van der Waals surface area contributed by atoms with Gasteiger partial charge in [-0.05, 0) is 55.7 Å². The smallest absolute Gasteiger partial charge is 0.253 e. The zero-order chi connectivity index (χ0) is 24.7. The number of furan rings is 1. The Morgan fingerprint density at radius 2 is 1.91 bits per heavy atom. The molecule has 3 aromatic rings. The van der Waals surface area contributed by atoms with Crippen LogP contribution in [-0.4, -0.2) is 35.8 Å². The van der Waals surface area contributed by atoms with Crippen LogP contribution in [0.25, 0.3) is 11.0 Å². The normalized spacial score (nSPS) is 12.9. The van der Waals surface area contributed by atoms with Crippen molar-refractivity contribution < 1.29 is 19.1 Å². The fourth-order valence-corrected chi connectivity index (χ4v) is 4.45. The Bertz CT molecular complexity index is 1100. The van der Waals surface area contributed by atoms with E-state index in [2.05, 4.69) is 19.2 Å². The first kappa shape index (κ1) is 25.3. The number of nitrogens with one attached hydrogen (secondary N) is 1. The Kier molecular flexibility index (Phi) is 8.74. The third-order valence-electron chi connectivity index (χ3n) is 6.42. The molecule has 1 heterocycles. The van der Waals surface area contributed by atoms with Crippen LogP contribution in [0.5, 0.6) is 5.75 Å². The minimum absolute atomic E-state index is 0.0134. The first-order valence-electron chi connectivity index (χ1n) is 12.1. The number of anilines is 1. The number of amides is 1. The minimum Gasteiger partial charge on any atom is -0.508 e. The summed E-state index contributed by atoms with van der Waals surface area (Å²) in [5.74, 6) is 1.26. The van der Waals surface area contributed by atoms with Crippen LogP contribution in [0.3, 0.4) is 0 Å². The minimum atomic E-state index is -0.102. The Balaban J connectivity index is 1.87. The highest BCUT2D eigenvalue weighted by Gasteiger charge is 2.26. The molecule has 0 saturated carbocycles. The summed E-state index contributed by atoms with van der Waals surface area (Å²) in [5.41, 5.74) is 3.30. The largest absolute Gasteiger partial charge is 0.508 e. The standard InChI is InChI=1S/C28H36N2O4/c1-5-6-7-9-19(2)27(26-20(3)34-25-18-23(32)14-15-24(25)26)29-22-12-10-21(11-13-22)28(33)30(4)16-8-17-31/h10-15,17-19,27,29,32H,5-9,16H2,1-4H3. The van der Waals surface area contributed by atoms with E-state index in [0.29, 0.717) is 30.0 Å². The molecule has 0 aliphatic rings. The van der Waals surface area contributed by atoms with Crippen molar-refractivity contribution in [1.82, 2.24) is 4.90 Å². The fraction of sp³-hybridized carbons (Fsp3) is 0.429. The van der Waals surface area contributed by atoms with Crippen molar-refractivity contribution in [2.45, 2.75) is 58.9 Å². The van der Waals surface area contributed by atoms with E-state index in [4.69, 9.17) is 4.42 Å². The number of aryl methyl sites for hydroxylation is 1. The maximum Gasteiger partial charge on any atom is 0.253 e. The van der Waals surface area contributed by atoms with Gasteiger partial charge in [0.2, 0.25) is 0 Å². The number of phenolic OH excluding ortho intramolecular Hbond substituents is 1. The predicted molar refractivity (Wildman–Crippen MR) is 136 cm³/mol. The maximum absolute atomic E-state index is 12.6. The molecule has 6 nitrogen and oxygen atoms in total. The van der Waals surface area contributed by atoms with Crippen LogP contribution in [0, 0.1) is 12.8 Å². The molecule has 0 radical (unpaired) electrons. The van der Waals surface area contributed by atoms with Crippen LogP contribution in [0.1, 0.15) is 73.7 Å². The van der Waals surface area contributed by atoms with Crippen molar-refractivity contribution >= 4 is 28.8 Å². The Hall–Kier alpha value is -3.28. The van der Waals surface area contributed by atoms with E-state index < -0.39 is 0 Å². The number of carbonyl (C=O) groups excluding carboxylic acids is 2. The SMILES string of the molecule is CCCCCC(C)C(Nc1ccc(C(=O)N(C)CCC=O)cc1)c1c(C)oc2cc(O)ccc12. The Morgan fingerprint density at radius 3 is 2.59 bits per heavy atom. The van der Waals surface area contributed by atoms with Crippen LogP contribution in [0.2, 0.25) is 0 Å². The molecule has 0 spiro atoms. The molecule has 0 aliphatic carbocycles. The highest BCUT2D eigenvalue weighted by molar-refractivity contribution is 5.94. The van der Waals surface area contributed by atoms with Crippen molar-refractivity contribution in [2.24, 2.45) is 5.92 Å². The van der Waals surface area contributed by atoms with Gasteiger partial charge in [0, 0.05) is 48.3 Å². The van der Waals surface area contributed by atoms with Gasteiger partial charge in [0.1, 0.15) is 23.4 Å². The van der Waals surface area contributed by atoms with Gasteiger partial charge in [-0.3, -0.25) is 4.79 Å². The van der Waals surface area contributed by atoms with Crippen molar-refractivity contribution in [2.75, 3.05) is 18.9 Å². The average Bonchev–Trinajstić information content (AvgIpc) is 3.15. The highest BCUT2D eigenvalue weighted by atomic mass is 16.3. The van der Waals surface area contributed by atoms with Crippen LogP contribution < -0.4 is 5.32 Å². The summed E-state index contributed by atoms with van der Waals surface area (Å²) in [6.07, 6.45) is 5.76. The van der Waals surface area contributed by atoms with Crippen LogP contribution in [0.4, 0.5) is 5.69 Å². The lowest BCUT2D eigenvalue weighted by molar-refractivity contribution is -0.108. The van der Waals surface area contributed by atoms with Gasteiger partial charge in [-0.15, -0.1) is 0 Å². The Labute approximate surface area is 202 Å². The number of hydrogen-bond donors (Lipinski definition) is 2. The fourth-order valence-electron chi connectivity index (χ4n) is 4.45. The molecule has 0 fully saturated rings. The highest BCUT2D eigenvalue weighted by Crippen LogP contribution is 2.39. The molecule has 182 valence electrons. The quantitative estimate of drug-likeness (QED) is 0.237. The summed E-state index contributed by atoms with van der Waals surface area (Å²) in [5, 5.41) is 14.6. The van der Waals surface area contributed by atoms with E-state index >= 15 is 0 Å². The molecule has 0 saturated heterocycles. The number of unbranched alkanes of at least 4 members (excludes halogenated alkanes) is 2. The van der Waals surface area contributed by atoms with Crippen LogP contribution in [0.15, 0.2) is 46.9 Å². The van der Waals surface area contributed by atoms with E-state index in [9.17, 15) is 14.7 Å². The molecule has 2 aromatic carbocycles. The maximum atomic E-state index is 12.6. The molecule has 6 heteroatoms. The summed E-state index contributed by atoms with van der Waals surface area (Å²) >= 11 is 0. The summed E-state index contributed by atoms with van der Waals surface area (Å²) < 4.78 is 6.01. The number of benzene rings is 2. The number of fused-ring (bicyclic) bond motifs is 1. The molecule has 34 heavy (non-hydrogen) atoms. The number of carbonyl (C=O) groups is 2. The Morgan fingerprint density at radius 1 is 1.18 bits per heavy atom. The van der Waals surface area contributed by atoms with Crippen LogP contribution >= 0.6 is 0 Å². The number of aldehydes is 1. The number of hydrogen-bond acceptors (Lipinski definition) is 5. The first-order chi connectivity index (χ1) is 16.3. The third-order valence-corrected chi connectivity index (χ3v) is 6.42. The lowest BCUT2D eigenvalue weighted by Gasteiger charge is -2.27. The van der Waals surface area contributed by atoms with Gasteiger partial charge in [-0.1, -0.05) is 33.1 Å². The van der Waals surface area contributed by atoms with Gasteiger partial charge in [0.25, 0.3) is 5.91 Å². The summed E-state index contributed by atoms with van der Waals surface area (Å²) in [7, 11) is 1.70. The van der Waals surface area contributed by atoms with E-state index in [1.807, 2.05) is 37.3 Å². The average molecular weight is 465 g/mol. The molecule has 0 bridgehead atoms. The predicted octanol–water partition coefficient (Wildman–Crippen LogP) is 6.48. The van der Waals surface area contributed by atoms with E-state index in [1.165, 1.54) is 12.8 Å². The summed E-state index contributed by atoms with van der Waals surface area (Å²) in [4.78, 5) is 24.8. The number of rotatable bonds is 12. The van der Waals surface area contributed by atoms with E-state index in [-0.39, 0.29) is 17.7 Å². The van der Waals surface area contributed by atoms with Crippen molar-refractivity contribution in [3.8, 4) is 5.75 Å². The molecule has 1 aromatic heterocycles. The van der Waals surface area contributed by atoms with Gasteiger partial charge in [0.05, 0.1) is 6.04 Å².